The molecule has 0 spiro atoms. The molecule has 1 aromatic heterocycles. The third-order valence-electron chi connectivity index (χ3n) is 5.03. The van der Waals surface area contributed by atoms with Crippen molar-refractivity contribution in [2.75, 3.05) is 19.5 Å². The van der Waals surface area contributed by atoms with Crippen LogP contribution < -0.4 is 14.8 Å². The van der Waals surface area contributed by atoms with Gasteiger partial charge in [-0.1, -0.05) is 12.1 Å². The molecule has 2 heterocycles. The maximum atomic E-state index is 13.1. The molecule has 30 heavy (non-hydrogen) atoms. The summed E-state index contributed by atoms with van der Waals surface area (Å²) in [5.74, 6) is 0.790. The molecule has 1 aliphatic heterocycles. The van der Waals surface area contributed by atoms with Gasteiger partial charge >= 0.3 is 6.18 Å². The van der Waals surface area contributed by atoms with Crippen molar-refractivity contribution in [3.63, 3.8) is 0 Å². The van der Waals surface area contributed by atoms with Crippen LogP contribution >= 0.6 is 0 Å². The maximum Gasteiger partial charge on any atom is 0.416 e. The summed E-state index contributed by atoms with van der Waals surface area (Å²) < 4.78 is 51.4. The molecule has 0 saturated heterocycles. The van der Waals surface area contributed by atoms with E-state index in [-0.39, 0.29) is 23.9 Å². The van der Waals surface area contributed by atoms with Gasteiger partial charge in [0, 0.05) is 18.0 Å². The Morgan fingerprint density at radius 2 is 1.87 bits per heavy atom. The third kappa shape index (κ3) is 3.47. The lowest BCUT2D eigenvalue weighted by Crippen LogP contribution is -2.25. The van der Waals surface area contributed by atoms with E-state index in [0.717, 1.165) is 17.7 Å². The number of hydrogen-bond donors (Lipinski definition) is 1. The average molecular weight is 417 g/mol. The van der Waals surface area contributed by atoms with Gasteiger partial charge < -0.3 is 14.8 Å². The van der Waals surface area contributed by atoms with E-state index in [4.69, 9.17) is 9.47 Å². The van der Waals surface area contributed by atoms with Crippen molar-refractivity contribution in [1.29, 1.82) is 0 Å². The minimum absolute atomic E-state index is 0.155. The zero-order valence-corrected chi connectivity index (χ0v) is 16.2. The molecule has 0 unspecified atom stereocenters. The summed E-state index contributed by atoms with van der Waals surface area (Å²) in [4.78, 5) is 16.8. The summed E-state index contributed by atoms with van der Waals surface area (Å²) in [5, 5.41) is 2.74. The molecule has 1 amide bonds. The molecule has 0 aliphatic carbocycles. The van der Waals surface area contributed by atoms with Gasteiger partial charge in [0.2, 0.25) is 5.91 Å². The standard InChI is InChI=1S/C21H18F3N3O3/c1-29-16-7-6-12(8-17(16)30-2)15-10-18(28)26-20-19(15)25-11-27(20)14-5-3-4-13(9-14)21(22,23)24/h3-9,11,15H,10H2,1-2H3,(H,26,28)/t15-/m1/s1. The van der Waals surface area contributed by atoms with Crippen LogP contribution in [0.15, 0.2) is 48.8 Å². The van der Waals surface area contributed by atoms with E-state index in [0.29, 0.717) is 23.0 Å². The van der Waals surface area contributed by atoms with E-state index >= 15 is 0 Å². The first-order valence-corrected chi connectivity index (χ1v) is 9.08. The number of carbonyl (C=O) groups is 1. The van der Waals surface area contributed by atoms with Crippen molar-refractivity contribution in [1.82, 2.24) is 9.55 Å². The zero-order chi connectivity index (χ0) is 21.5. The van der Waals surface area contributed by atoms with Crippen molar-refractivity contribution in [3.8, 4) is 17.2 Å². The van der Waals surface area contributed by atoms with Gasteiger partial charge in [-0.2, -0.15) is 13.2 Å². The molecule has 3 aromatic rings. The van der Waals surface area contributed by atoms with Gasteiger partial charge in [-0.05, 0) is 35.9 Å². The fraction of sp³-hybridized carbons (Fsp3) is 0.238. The number of imidazole rings is 1. The van der Waals surface area contributed by atoms with Crippen LogP contribution in [0.25, 0.3) is 5.69 Å². The maximum absolute atomic E-state index is 13.1. The fourth-order valence-electron chi connectivity index (χ4n) is 3.58. The molecule has 1 N–H and O–H groups in total. The minimum atomic E-state index is -4.47. The number of aromatic nitrogens is 2. The Hall–Kier alpha value is -3.49. The highest BCUT2D eigenvalue weighted by molar-refractivity contribution is 5.94. The van der Waals surface area contributed by atoms with Crippen LogP contribution in [0.1, 0.15) is 29.2 Å². The Kier molecular flexibility index (Phi) is 4.89. The molecule has 6 nitrogen and oxygen atoms in total. The van der Waals surface area contributed by atoms with Gasteiger partial charge in [0.15, 0.2) is 11.5 Å². The first kappa shape index (κ1) is 19.8. The molecular weight excluding hydrogens is 399 g/mol. The number of halogens is 3. The number of hydrogen-bond acceptors (Lipinski definition) is 4. The van der Waals surface area contributed by atoms with Gasteiger partial charge in [-0.15, -0.1) is 0 Å². The average Bonchev–Trinajstić information content (AvgIpc) is 3.15. The molecule has 156 valence electrons. The Balaban J connectivity index is 1.78. The van der Waals surface area contributed by atoms with Gasteiger partial charge in [0.05, 0.1) is 25.5 Å². The summed E-state index contributed by atoms with van der Waals surface area (Å²) in [7, 11) is 3.05. The highest BCUT2D eigenvalue weighted by atomic mass is 19.4. The highest BCUT2D eigenvalue weighted by Gasteiger charge is 2.33. The second kappa shape index (κ2) is 7.40. The topological polar surface area (TPSA) is 65.4 Å². The number of nitrogens with zero attached hydrogens (tertiary/aromatic N) is 2. The van der Waals surface area contributed by atoms with Crippen LogP contribution in [0.3, 0.4) is 0 Å². The molecular formula is C21H18F3N3O3. The van der Waals surface area contributed by atoms with Gasteiger partial charge in [0.25, 0.3) is 0 Å². The van der Waals surface area contributed by atoms with Crippen molar-refractivity contribution < 1.29 is 27.4 Å². The zero-order valence-electron chi connectivity index (χ0n) is 16.2. The number of nitrogens with one attached hydrogen (secondary N) is 1. The summed E-state index contributed by atoms with van der Waals surface area (Å²) in [6.07, 6.45) is -2.90. The largest absolute Gasteiger partial charge is 0.493 e. The van der Waals surface area contributed by atoms with Crippen molar-refractivity contribution in [3.05, 3.63) is 65.6 Å². The molecule has 0 bridgehead atoms. The lowest BCUT2D eigenvalue weighted by molar-refractivity contribution is -0.137. The number of ether oxygens (including phenoxy) is 2. The van der Waals surface area contributed by atoms with E-state index in [1.165, 1.54) is 37.2 Å². The Bertz CT molecular complexity index is 1110. The van der Waals surface area contributed by atoms with Crippen LogP contribution in [0, 0.1) is 0 Å². The van der Waals surface area contributed by atoms with E-state index in [2.05, 4.69) is 10.3 Å². The van der Waals surface area contributed by atoms with Gasteiger partial charge in [-0.3, -0.25) is 9.36 Å². The molecule has 0 fully saturated rings. The summed E-state index contributed by atoms with van der Waals surface area (Å²) in [5.41, 5.74) is 0.838. The lowest BCUT2D eigenvalue weighted by Gasteiger charge is -2.24. The highest BCUT2D eigenvalue weighted by Crippen LogP contribution is 2.40. The summed E-state index contributed by atoms with van der Waals surface area (Å²) in [6.45, 7) is 0. The number of alkyl halides is 3. The quantitative estimate of drug-likeness (QED) is 0.684. The van der Waals surface area contributed by atoms with Crippen molar-refractivity contribution in [2.45, 2.75) is 18.5 Å². The second-order valence-electron chi connectivity index (χ2n) is 6.82. The number of rotatable bonds is 4. The normalized spacial score (nSPS) is 16.0. The van der Waals surface area contributed by atoms with Crippen LogP contribution in [0.4, 0.5) is 19.0 Å². The third-order valence-corrected chi connectivity index (χ3v) is 5.03. The van der Waals surface area contributed by atoms with Gasteiger partial charge in [0.1, 0.15) is 12.1 Å². The van der Waals surface area contributed by atoms with Crippen molar-refractivity contribution in [2.24, 2.45) is 0 Å². The SMILES string of the molecule is COc1ccc([C@H]2CC(=O)Nc3c2ncn3-c2cccc(C(F)(F)F)c2)cc1OC. The van der Waals surface area contributed by atoms with Crippen LogP contribution in [0.2, 0.25) is 0 Å². The van der Waals surface area contributed by atoms with Gasteiger partial charge in [-0.25, -0.2) is 4.98 Å². The molecule has 2 aromatic carbocycles. The Labute approximate surface area is 170 Å². The smallest absolute Gasteiger partial charge is 0.416 e. The fourth-order valence-corrected chi connectivity index (χ4v) is 3.58. The van der Waals surface area contributed by atoms with E-state index in [9.17, 15) is 18.0 Å². The number of amides is 1. The first-order chi connectivity index (χ1) is 14.3. The lowest BCUT2D eigenvalue weighted by atomic mass is 9.89. The minimum Gasteiger partial charge on any atom is -0.493 e. The van der Waals surface area contributed by atoms with E-state index in [1.807, 2.05) is 6.07 Å². The molecule has 0 radical (unpaired) electrons. The number of anilines is 1. The second-order valence-corrected chi connectivity index (χ2v) is 6.82. The summed E-state index contributed by atoms with van der Waals surface area (Å²) in [6, 6.07) is 10.2. The predicted molar refractivity (Wildman–Crippen MR) is 103 cm³/mol. The number of benzene rings is 2. The van der Waals surface area contributed by atoms with Crippen LogP contribution in [-0.2, 0) is 11.0 Å². The molecule has 9 heteroatoms. The van der Waals surface area contributed by atoms with E-state index in [1.54, 1.807) is 12.1 Å². The van der Waals surface area contributed by atoms with Crippen molar-refractivity contribution >= 4 is 11.7 Å². The summed E-state index contributed by atoms with van der Waals surface area (Å²) >= 11 is 0. The molecule has 4 rings (SSSR count). The number of carbonyl (C=O) groups excluding carboxylic acids is 1. The van der Waals surface area contributed by atoms with E-state index < -0.39 is 11.7 Å². The number of methoxy groups -OCH3 is 2. The molecule has 0 saturated carbocycles. The Morgan fingerprint density at radius 3 is 2.57 bits per heavy atom. The Morgan fingerprint density at radius 1 is 1.10 bits per heavy atom. The van der Waals surface area contributed by atoms with Crippen LogP contribution in [0.5, 0.6) is 11.5 Å². The first-order valence-electron chi connectivity index (χ1n) is 9.08. The molecule has 1 aliphatic rings. The monoisotopic (exact) mass is 417 g/mol. The predicted octanol–water partition coefficient (Wildman–Crippen LogP) is 4.38. The molecule has 1 atom stereocenters. The van der Waals surface area contributed by atoms with Crippen LogP contribution in [-0.4, -0.2) is 29.7 Å². The number of fused-ring (bicyclic) bond motifs is 1.